The third-order valence-electron chi connectivity index (χ3n) is 2.92. The van der Waals surface area contributed by atoms with Crippen LogP contribution in [-0.2, 0) is 0 Å². The van der Waals surface area contributed by atoms with Crippen LogP contribution in [0.3, 0.4) is 0 Å². The van der Waals surface area contributed by atoms with Crippen molar-refractivity contribution in [1.82, 2.24) is 4.90 Å². The molecule has 4 nitrogen and oxygen atoms in total. The summed E-state index contributed by atoms with van der Waals surface area (Å²) >= 11 is 4.97. The summed E-state index contributed by atoms with van der Waals surface area (Å²) in [5.41, 5.74) is 5.61. The molecule has 2 N–H and O–H groups in total. The summed E-state index contributed by atoms with van der Waals surface area (Å²) in [6.07, 6.45) is 0. The average molecular weight is 282 g/mol. The van der Waals surface area contributed by atoms with E-state index in [1.165, 1.54) is 0 Å². The maximum atomic E-state index is 5.74. The van der Waals surface area contributed by atoms with Gasteiger partial charge in [0.05, 0.1) is 17.6 Å². The highest BCUT2D eigenvalue weighted by molar-refractivity contribution is 7.80. The second-order valence-corrected chi connectivity index (χ2v) is 4.76. The van der Waals surface area contributed by atoms with Gasteiger partial charge in [-0.15, -0.1) is 0 Å². The van der Waals surface area contributed by atoms with Crippen LogP contribution in [-0.4, -0.2) is 42.7 Å². The molecule has 0 spiro atoms. The summed E-state index contributed by atoms with van der Waals surface area (Å²) in [7, 11) is 1.97. The zero-order valence-electron chi connectivity index (χ0n) is 11.8. The van der Waals surface area contributed by atoms with E-state index in [2.05, 4.69) is 4.90 Å². The fourth-order valence-corrected chi connectivity index (χ4v) is 1.73. The van der Waals surface area contributed by atoms with Crippen LogP contribution in [0.5, 0.6) is 11.5 Å². The Hall–Kier alpha value is -1.33. The van der Waals surface area contributed by atoms with Gasteiger partial charge in [-0.3, -0.25) is 4.90 Å². The van der Waals surface area contributed by atoms with Crippen molar-refractivity contribution in [2.45, 2.75) is 19.9 Å². The number of ether oxygens (including phenoxy) is 2. The molecular weight excluding hydrogens is 260 g/mol. The van der Waals surface area contributed by atoms with Gasteiger partial charge >= 0.3 is 0 Å². The summed E-state index contributed by atoms with van der Waals surface area (Å²) in [6.45, 7) is 5.87. The quantitative estimate of drug-likeness (QED) is 0.740. The molecule has 0 aromatic heterocycles. The molecule has 0 heterocycles. The lowest BCUT2D eigenvalue weighted by Gasteiger charge is -2.23. The van der Waals surface area contributed by atoms with Gasteiger partial charge in [0.15, 0.2) is 11.5 Å². The van der Waals surface area contributed by atoms with E-state index >= 15 is 0 Å². The van der Waals surface area contributed by atoms with E-state index in [1.54, 1.807) is 0 Å². The molecule has 0 saturated heterocycles. The van der Waals surface area contributed by atoms with Gasteiger partial charge < -0.3 is 15.2 Å². The van der Waals surface area contributed by atoms with E-state index in [-0.39, 0.29) is 6.04 Å². The Labute approximate surface area is 120 Å². The Morgan fingerprint density at radius 2 is 1.89 bits per heavy atom. The number of para-hydroxylation sites is 2. The van der Waals surface area contributed by atoms with Gasteiger partial charge in [-0.05, 0) is 33.0 Å². The molecule has 0 amide bonds. The van der Waals surface area contributed by atoms with Crippen molar-refractivity contribution in [3.05, 3.63) is 24.3 Å². The fraction of sp³-hybridized carbons (Fsp3) is 0.500. The molecule has 0 fully saturated rings. The minimum atomic E-state index is 0.0701. The minimum Gasteiger partial charge on any atom is -0.490 e. The summed E-state index contributed by atoms with van der Waals surface area (Å²) in [6, 6.07) is 7.74. The number of nitrogens with two attached hydrogens (primary N) is 1. The van der Waals surface area contributed by atoms with Crippen LogP contribution < -0.4 is 15.2 Å². The molecule has 0 aliphatic heterocycles. The molecule has 0 bridgehead atoms. The number of nitrogens with zero attached hydrogens (tertiary/aromatic N) is 1. The summed E-state index contributed by atoms with van der Waals surface area (Å²) < 4.78 is 11.2. The molecular formula is C14H22N2O2S. The van der Waals surface area contributed by atoms with Crippen molar-refractivity contribution in [3.63, 3.8) is 0 Å². The van der Waals surface area contributed by atoms with Gasteiger partial charge in [-0.2, -0.15) is 0 Å². The van der Waals surface area contributed by atoms with E-state index in [4.69, 9.17) is 27.4 Å². The first-order chi connectivity index (χ1) is 9.06. The molecule has 106 valence electrons. The number of benzene rings is 1. The molecule has 1 aromatic rings. The van der Waals surface area contributed by atoms with E-state index in [0.717, 1.165) is 18.0 Å². The first-order valence-electron chi connectivity index (χ1n) is 6.40. The van der Waals surface area contributed by atoms with Crippen LogP contribution in [0, 0.1) is 0 Å². The predicted molar refractivity (Wildman–Crippen MR) is 82.0 cm³/mol. The Kier molecular flexibility index (Phi) is 6.59. The molecule has 0 saturated carbocycles. The summed E-state index contributed by atoms with van der Waals surface area (Å²) in [4.78, 5) is 2.56. The van der Waals surface area contributed by atoms with E-state index < -0.39 is 0 Å². The molecule has 0 radical (unpaired) electrons. The monoisotopic (exact) mass is 282 g/mol. The molecule has 1 aromatic carbocycles. The van der Waals surface area contributed by atoms with Crippen molar-refractivity contribution < 1.29 is 9.47 Å². The Morgan fingerprint density at radius 3 is 2.42 bits per heavy atom. The smallest absolute Gasteiger partial charge is 0.161 e. The first-order valence-corrected chi connectivity index (χ1v) is 6.81. The number of likely N-dealkylation sites (N-methyl/N-ethyl adjacent to an activating group) is 1. The lowest BCUT2D eigenvalue weighted by Crippen LogP contribution is -2.41. The molecule has 19 heavy (non-hydrogen) atoms. The number of hydrogen-bond donors (Lipinski definition) is 1. The SMILES string of the molecule is CCOc1ccccc1OCCN(C)C(C)C(N)=S. The fourth-order valence-electron chi connectivity index (χ4n) is 1.55. The normalized spacial score (nSPS) is 12.2. The molecule has 0 aliphatic carbocycles. The van der Waals surface area contributed by atoms with Crippen LogP contribution in [0.15, 0.2) is 24.3 Å². The lowest BCUT2D eigenvalue weighted by molar-refractivity contribution is 0.217. The molecule has 1 rings (SSSR count). The average Bonchev–Trinajstić information content (AvgIpc) is 2.39. The second kappa shape index (κ2) is 7.96. The molecule has 0 aliphatic rings. The first kappa shape index (κ1) is 15.7. The van der Waals surface area contributed by atoms with E-state index in [0.29, 0.717) is 18.2 Å². The van der Waals surface area contributed by atoms with Gasteiger partial charge in [0, 0.05) is 6.54 Å². The predicted octanol–water partition coefficient (Wildman–Crippen LogP) is 2.07. The Bertz CT molecular complexity index is 412. The van der Waals surface area contributed by atoms with Crippen molar-refractivity contribution in [1.29, 1.82) is 0 Å². The van der Waals surface area contributed by atoms with Gasteiger partial charge in [-0.1, -0.05) is 24.4 Å². The van der Waals surface area contributed by atoms with Crippen LogP contribution in [0.4, 0.5) is 0 Å². The largest absolute Gasteiger partial charge is 0.490 e. The van der Waals surface area contributed by atoms with Crippen molar-refractivity contribution in [3.8, 4) is 11.5 Å². The van der Waals surface area contributed by atoms with Crippen LogP contribution >= 0.6 is 12.2 Å². The topological polar surface area (TPSA) is 47.7 Å². The standard InChI is InChI=1S/C14H22N2O2S/c1-4-17-12-7-5-6-8-13(12)18-10-9-16(3)11(2)14(15)19/h5-8,11H,4,9-10H2,1-3H3,(H2,15,19). The van der Waals surface area contributed by atoms with Gasteiger partial charge in [0.1, 0.15) is 6.61 Å². The van der Waals surface area contributed by atoms with Crippen molar-refractivity contribution in [2.24, 2.45) is 5.73 Å². The summed E-state index contributed by atoms with van der Waals surface area (Å²) in [5, 5.41) is 0. The van der Waals surface area contributed by atoms with Gasteiger partial charge in [-0.25, -0.2) is 0 Å². The maximum absolute atomic E-state index is 5.74. The van der Waals surface area contributed by atoms with Crippen LogP contribution in [0.25, 0.3) is 0 Å². The van der Waals surface area contributed by atoms with Crippen LogP contribution in [0.1, 0.15) is 13.8 Å². The Balaban J connectivity index is 2.47. The lowest BCUT2D eigenvalue weighted by atomic mass is 10.3. The third kappa shape index (κ3) is 5.04. The van der Waals surface area contributed by atoms with E-state index in [1.807, 2.05) is 45.2 Å². The number of thiocarbonyl (C=S) groups is 1. The summed E-state index contributed by atoms with van der Waals surface area (Å²) in [5.74, 6) is 1.54. The van der Waals surface area contributed by atoms with Crippen molar-refractivity contribution in [2.75, 3.05) is 26.8 Å². The minimum absolute atomic E-state index is 0.0701. The maximum Gasteiger partial charge on any atom is 0.161 e. The van der Waals surface area contributed by atoms with Gasteiger partial charge in [0.25, 0.3) is 0 Å². The number of rotatable bonds is 8. The molecule has 5 heteroatoms. The zero-order chi connectivity index (χ0) is 14.3. The number of hydrogen-bond acceptors (Lipinski definition) is 4. The zero-order valence-corrected chi connectivity index (χ0v) is 12.6. The highest BCUT2D eigenvalue weighted by Gasteiger charge is 2.11. The van der Waals surface area contributed by atoms with Gasteiger partial charge in [0.2, 0.25) is 0 Å². The Morgan fingerprint density at radius 1 is 1.32 bits per heavy atom. The van der Waals surface area contributed by atoms with Crippen molar-refractivity contribution >= 4 is 17.2 Å². The molecule has 1 unspecified atom stereocenters. The molecule has 1 atom stereocenters. The van der Waals surface area contributed by atoms with E-state index in [9.17, 15) is 0 Å². The van der Waals surface area contributed by atoms with Crippen LogP contribution in [0.2, 0.25) is 0 Å². The third-order valence-corrected chi connectivity index (χ3v) is 3.26. The highest BCUT2D eigenvalue weighted by Crippen LogP contribution is 2.26. The second-order valence-electron chi connectivity index (χ2n) is 4.29. The highest BCUT2D eigenvalue weighted by atomic mass is 32.1.